The number of piperidine rings is 1. The highest BCUT2D eigenvalue weighted by Crippen LogP contribution is 2.32. The molecule has 0 spiro atoms. The van der Waals surface area contributed by atoms with Crippen LogP contribution in [0.2, 0.25) is 0 Å². The van der Waals surface area contributed by atoms with Crippen LogP contribution in [0.15, 0.2) is 18.2 Å². The topological polar surface area (TPSA) is 36.4 Å². The summed E-state index contributed by atoms with van der Waals surface area (Å²) in [6.45, 7) is 7.62. The van der Waals surface area contributed by atoms with Crippen LogP contribution in [0, 0.1) is 11.2 Å². The van der Waals surface area contributed by atoms with Gasteiger partial charge in [0.25, 0.3) is 0 Å². The summed E-state index contributed by atoms with van der Waals surface area (Å²) in [7, 11) is 1.91. The number of amides is 1. The van der Waals surface area contributed by atoms with Crippen molar-refractivity contribution in [2.75, 3.05) is 25.0 Å². The van der Waals surface area contributed by atoms with Crippen molar-refractivity contribution >= 4 is 32.6 Å². The Labute approximate surface area is 146 Å². The first kappa shape index (κ1) is 17.1. The molecular weight excluding hydrogens is 325 g/mol. The number of anilines is 1. The highest BCUT2D eigenvalue weighted by atomic mass is 32.1. The molecule has 1 amide bonds. The lowest BCUT2D eigenvalue weighted by atomic mass is 9.93. The summed E-state index contributed by atoms with van der Waals surface area (Å²) in [5.41, 5.74) is 0.502. The van der Waals surface area contributed by atoms with Crippen molar-refractivity contribution < 1.29 is 9.18 Å². The highest BCUT2D eigenvalue weighted by Gasteiger charge is 2.31. The second kappa shape index (κ2) is 6.31. The Balaban J connectivity index is 1.67. The Bertz CT molecular complexity index is 744. The quantitative estimate of drug-likeness (QED) is 0.825. The monoisotopic (exact) mass is 349 g/mol. The van der Waals surface area contributed by atoms with Crippen LogP contribution in [-0.2, 0) is 4.79 Å². The number of carbonyl (C=O) groups is 1. The van der Waals surface area contributed by atoms with E-state index in [2.05, 4.69) is 9.88 Å². The van der Waals surface area contributed by atoms with E-state index >= 15 is 0 Å². The Hall–Kier alpha value is -1.69. The Morgan fingerprint density at radius 3 is 2.62 bits per heavy atom. The van der Waals surface area contributed by atoms with Crippen LogP contribution >= 0.6 is 11.3 Å². The van der Waals surface area contributed by atoms with Crippen LogP contribution in [0.1, 0.15) is 33.6 Å². The number of nitrogens with zero attached hydrogens (tertiary/aromatic N) is 3. The van der Waals surface area contributed by atoms with Gasteiger partial charge in [0.1, 0.15) is 5.82 Å². The van der Waals surface area contributed by atoms with Crippen LogP contribution in [-0.4, -0.2) is 42.0 Å². The number of halogens is 1. The van der Waals surface area contributed by atoms with Gasteiger partial charge in [0, 0.05) is 31.6 Å². The third-order valence-corrected chi connectivity index (χ3v) is 5.66. The van der Waals surface area contributed by atoms with Crippen LogP contribution in [0.25, 0.3) is 10.2 Å². The standard InChI is InChI=1S/C18H24FN3OS/c1-18(2,3)16(23)21(4)13-7-9-22(10-8-13)17-20-14-6-5-12(19)11-15(14)24-17/h5-6,11,13H,7-10H2,1-4H3. The van der Waals surface area contributed by atoms with Gasteiger partial charge in [-0.25, -0.2) is 9.37 Å². The third kappa shape index (κ3) is 3.38. The second-order valence-electron chi connectivity index (χ2n) is 7.49. The molecule has 1 saturated heterocycles. The van der Waals surface area contributed by atoms with Gasteiger partial charge in [-0.15, -0.1) is 0 Å². The minimum absolute atomic E-state index is 0.191. The molecule has 0 N–H and O–H groups in total. The van der Waals surface area contributed by atoms with Crippen molar-refractivity contribution in [3.05, 3.63) is 24.0 Å². The summed E-state index contributed by atoms with van der Waals surface area (Å²) >= 11 is 1.53. The molecule has 1 aromatic carbocycles. The zero-order chi connectivity index (χ0) is 17.5. The van der Waals surface area contributed by atoms with Gasteiger partial charge in [-0.1, -0.05) is 32.1 Å². The third-order valence-electron chi connectivity index (χ3n) is 4.58. The normalized spacial score (nSPS) is 16.6. The van der Waals surface area contributed by atoms with Gasteiger partial charge in [-0.2, -0.15) is 0 Å². The lowest BCUT2D eigenvalue weighted by molar-refractivity contribution is -0.140. The summed E-state index contributed by atoms with van der Waals surface area (Å²) in [6.07, 6.45) is 1.87. The molecule has 3 rings (SSSR count). The number of fused-ring (bicyclic) bond motifs is 1. The molecule has 2 heterocycles. The first-order chi connectivity index (χ1) is 11.3. The number of hydrogen-bond acceptors (Lipinski definition) is 4. The average Bonchev–Trinajstić information content (AvgIpc) is 2.95. The van der Waals surface area contributed by atoms with Crippen molar-refractivity contribution in [2.24, 2.45) is 5.41 Å². The lowest BCUT2D eigenvalue weighted by Gasteiger charge is -2.38. The first-order valence-electron chi connectivity index (χ1n) is 8.34. The molecule has 0 radical (unpaired) electrons. The molecule has 1 aliphatic rings. The minimum Gasteiger partial charge on any atom is -0.348 e. The van der Waals surface area contributed by atoms with E-state index in [-0.39, 0.29) is 23.2 Å². The predicted molar refractivity (Wildman–Crippen MR) is 97.0 cm³/mol. The molecule has 0 unspecified atom stereocenters. The van der Waals surface area contributed by atoms with E-state index in [0.29, 0.717) is 0 Å². The van der Waals surface area contributed by atoms with Crippen LogP contribution in [0.3, 0.4) is 0 Å². The van der Waals surface area contributed by atoms with Crippen molar-refractivity contribution in [3.8, 4) is 0 Å². The fourth-order valence-corrected chi connectivity index (χ4v) is 4.20. The molecule has 0 aliphatic carbocycles. The van der Waals surface area contributed by atoms with E-state index in [4.69, 9.17) is 0 Å². The van der Waals surface area contributed by atoms with Crippen LogP contribution < -0.4 is 4.90 Å². The van der Waals surface area contributed by atoms with Gasteiger partial charge in [-0.05, 0) is 31.0 Å². The minimum atomic E-state index is -0.344. The molecule has 24 heavy (non-hydrogen) atoms. The summed E-state index contributed by atoms with van der Waals surface area (Å²) in [5.74, 6) is -0.0323. The van der Waals surface area contributed by atoms with Crippen molar-refractivity contribution in [1.29, 1.82) is 0 Å². The summed E-state index contributed by atoms with van der Waals surface area (Å²) in [5, 5.41) is 0.943. The van der Waals surface area contributed by atoms with Crippen LogP contribution in [0.5, 0.6) is 0 Å². The molecule has 4 nitrogen and oxygen atoms in total. The fourth-order valence-electron chi connectivity index (χ4n) is 3.16. The highest BCUT2D eigenvalue weighted by molar-refractivity contribution is 7.22. The molecular formula is C18H24FN3OS. The van der Waals surface area contributed by atoms with Gasteiger partial charge < -0.3 is 9.80 Å². The van der Waals surface area contributed by atoms with Gasteiger partial charge in [0.15, 0.2) is 5.13 Å². The van der Waals surface area contributed by atoms with Crippen molar-refractivity contribution in [1.82, 2.24) is 9.88 Å². The maximum Gasteiger partial charge on any atom is 0.227 e. The van der Waals surface area contributed by atoms with E-state index in [1.54, 1.807) is 12.1 Å². The maximum atomic E-state index is 13.3. The summed E-state index contributed by atoms with van der Waals surface area (Å²) in [6, 6.07) is 5.00. The average molecular weight is 349 g/mol. The van der Waals surface area contributed by atoms with Crippen molar-refractivity contribution in [3.63, 3.8) is 0 Å². The molecule has 0 atom stereocenters. The smallest absolute Gasteiger partial charge is 0.227 e. The number of rotatable bonds is 2. The molecule has 1 aliphatic heterocycles. The molecule has 0 bridgehead atoms. The molecule has 1 aromatic heterocycles. The first-order valence-corrected chi connectivity index (χ1v) is 9.15. The SMILES string of the molecule is CN(C(=O)C(C)(C)C)C1CCN(c2nc3ccc(F)cc3s2)CC1. The number of thiazole rings is 1. The molecule has 6 heteroatoms. The van der Waals surface area contributed by atoms with E-state index in [1.807, 2.05) is 32.7 Å². The zero-order valence-electron chi connectivity index (χ0n) is 14.7. The van der Waals surface area contributed by atoms with Gasteiger partial charge in [0.2, 0.25) is 5.91 Å². The molecule has 1 fully saturated rings. The Morgan fingerprint density at radius 1 is 1.33 bits per heavy atom. The zero-order valence-corrected chi connectivity index (χ0v) is 15.5. The lowest BCUT2D eigenvalue weighted by Crippen LogP contribution is -2.48. The maximum absolute atomic E-state index is 13.3. The summed E-state index contributed by atoms with van der Waals surface area (Å²) < 4.78 is 14.2. The summed E-state index contributed by atoms with van der Waals surface area (Å²) in [4.78, 5) is 21.2. The van der Waals surface area contributed by atoms with Crippen LogP contribution in [0.4, 0.5) is 9.52 Å². The number of carbonyl (C=O) groups excluding carboxylic acids is 1. The van der Waals surface area contributed by atoms with Crippen molar-refractivity contribution in [2.45, 2.75) is 39.7 Å². The Morgan fingerprint density at radius 2 is 2.00 bits per heavy atom. The second-order valence-corrected chi connectivity index (χ2v) is 8.50. The predicted octanol–water partition coefficient (Wildman–Crippen LogP) is 3.91. The fraction of sp³-hybridized carbons (Fsp3) is 0.556. The van der Waals surface area contributed by atoms with Gasteiger partial charge in [0.05, 0.1) is 10.2 Å². The van der Waals surface area contributed by atoms with E-state index in [0.717, 1.165) is 41.3 Å². The Kier molecular flexibility index (Phi) is 4.51. The molecule has 130 valence electrons. The van der Waals surface area contributed by atoms with Gasteiger partial charge >= 0.3 is 0 Å². The van der Waals surface area contributed by atoms with Gasteiger partial charge in [-0.3, -0.25) is 4.79 Å². The number of benzene rings is 1. The molecule has 2 aromatic rings. The van der Waals surface area contributed by atoms with E-state index in [9.17, 15) is 9.18 Å². The largest absolute Gasteiger partial charge is 0.348 e. The van der Waals surface area contributed by atoms with E-state index in [1.165, 1.54) is 17.4 Å². The van der Waals surface area contributed by atoms with E-state index < -0.39 is 0 Å². The molecule has 0 saturated carbocycles. The number of aromatic nitrogens is 1. The number of hydrogen-bond donors (Lipinski definition) is 0.